The quantitative estimate of drug-likeness (QED) is 0.676. The zero-order chi connectivity index (χ0) is 7.40. The van der Waals surface area contributed by atoms with Crippen molar-refractivity contribution in [3.8, 4) is 0 Å². The van der Waals surface area contributed by atoms with Crippen molar-refractivity contribution in [2.24, 2.45) is 0 Å². The Morgan fingerprint density at radius 3 is 3.00 bits per heavy atom. The van der Waals surface area contributed by atoms with E-state index in [2.05, 4.69) is 20.9 Å². The van der Waals surface area contributed by atoms with Crippen LogP contribution in [0.1, 0.15) is 11.3 Å². The zero-order valence-corrected chi connectivity index (χ0v) is 7.30. The lowest BCUT2D eigenvalue weighted by Crippen LogP contribution is -1.82. The van der Waals surface area contributed by atoms with E-state index in [1.54, 1.807) is 6.20 Å². The Morgan fingerprint density at radius 1 is 1.60 bits per heavy atom. The molecule has 0 amide bonds. The predicted molar refractivity (Wildman–Crippen MR) is 46.9 cm³/mol. The maximum Gasteiger partial charge on any atom is 0.0445 e. The predicted octanol–water partition coefficient (Wildman–Crippen LogP) is 2.76. The zero-order valence-electron chi connectivity index (χ0n) is 5.71. The minimum absolute atomic E-state index is 1.05. The number of hydrogen-bond donors (Lipinski definition) is 0. The van der Waals surface area contributed by atoms with Gasteiger partial charge in [0, 0.05) is 11.9 Å². The lowest BCUT2D eigenvalue weighted by molar-refractivity contribution is 1.19. The summed E-state index contributed by atoms with van der Waals surface area (Å²) in [6, 6.07) is 3.95. The van der Waals surface area contributed by atoms with Gasteiger partial charge in [-0.3, -0.25) is 4.98 Å². The third kappa shape index (κ3) is 1.67. The summed E-state index contributed by atoms with van der Waals surface area (Å²) in [6.07, 6.45) is 3.77. The molecular weight excluding hydrogens is 190 g/mol. The van der Waals surface area contributed by atoms with Crippen LogP contribution >= 0.6 is 15.9 Å². The summed E-state index contributed by atoms with van der Waals surface area (Å²) in [5.74, 6) is 0. The van der Waals surface area contributed by atoms with E-state index in [1.165, 1.54) is 0 Å². The molecule has 0 saturated carbocycles. The van der Waals surface area contributed by atoms with E-state index in [0.717, 1.165) is 11.3 Å². The number of halogens is 1. The Labute approximate surface area is 68.9 Å². The maximum atomic E-state index is 4.13. The molecule has 0 spiro atoms. The number of aryl methyl sites for hydroxylation is 1. The van der Waals surface area contributed by atoms with Crippen LogP contribution in [0.4, 0.5) is 0 Å². The highest BCUT2D eigenvalue weighted by Gasteiger charge is 1.89. The highest BCUT2D eigenvalue weighted by atomic mass is 79.9. The molecule has 1 aromatic rings. The van der Waals surface area contributed by atoms with Gasteiger partial charge in [0.25, 0.3) is 0 Å². The van der Waals surface area contributed by atoms with Gasteiger partial charge in [0.05, 0.1) is 0 Å². The van der Waals surface area contributed by atoms with Crippen molar-refractivity contribution < 1.29 is 0 Å². The summed E-state index contributed by atoms with van der Waals surface area (Å²) in [5, 5.41) is 0. The maximum absolute atomic E-state index is 4.13. The van der Waals surface area contributed by atoms with Crippen LogP contribution in [0, 0.1) is 6.92 Å². The molecule has 0 aliphatic carbocycles. The summed E-state index contributed by atoms with van der Waals surface area (Å²) in [6.45, 7) is 1.99. The van der Waals surface area contributed by atoms with E-state index in [9.17, 15) is 0 Å². The first kappa shape index (κ1) is 7.48. The average molecular weight is 198 g/mol. The van der Waals surface area contributed by atoms with Crippen molar-refractivity contribution in [2.45, 2.75) is 6.92 Å². The Kier molecular flexibility index (Phi) is 2.63. The molecule has 1 nitrogen and oxygen atoms in total. The molecular formula is C8H8BrN. The fourth-order valence-electron chi connectivity index (χ4n) is 0.741. The summed E-state index contributed by atoms with van der Waals surface area (Å²) in [5.41, 5.74) is 2.21. The fourth-order valence-corrected chi connectivity index (χ4v) is 1.03. The van der Waals surface area contributed by atoms with Crippen LogP contribution < -0.4 is 0 Å². The topological polar surface area (TPSA) is 12.9 Å². The van der Waals surface area contributed by atoms with Gasteiger partial charge in [-0.1, -0.05) is 22.0 Å². The second kappa shape index (κ2) is 3.52. The molecule has 0 saturated heterocycles. The van der Waals surface area contributed by atoms with Gasteiger partial charge >= 0.3 is 0 Å². The summed E-state index contributed by atoms with van der Waals surface area (Å²) < 4.78 is 0. The normalized spacial score (nSPS) is 10.6. The van der Waals surface area contributed by atoms with E-state index in [1.807, 2.05) is 30.1 Å². The lowest BCUT2D eigenvalue weighted by Gasteiger charge is -1.94. The first-order chi connectivity index (χ1) is 4.84. The van der Waals surface area contributed by atoms with Crippen molar-refractivity contribution in [3.05, 3.63) is 34.6 Å². The summed E-state index contributed by atoms with van der Waals surface area (Å²) in [7, 11) is 0. The molecule has 0 aliphatic heterocycles. The number of aromatic nitrogens is 1. The first-order valence-corrected chi connectivity index (χ1v) is 3.94. The van der Waals surface area contributed by atoms with E-state index in [4.69, 9.17) is 0 Å². The molecule has 1 rings (SSSR count). The van der Waals surface area contributed by atoms with Crippen molar-refractivity contribution in [1.82, 2.24) is 4.98 Å². The lowest BCUT2D eigenvalue weighted by atomic mass is 10.2. The van der Waals surface area contributed by atoms with Gasteiger partial charge < -0.3 is 0 Å². The fraction of sp³-hybridized carbons (Fsp3) is 0.125. The van der Waals surface area contributed by atoms with Crippen LogP contribution in [0.25, 0.3) is 6.08 Å². The van der Waals surface area contributed by atoms with Crippen molar-refractivity contribution in [1.29, 1.82) is 0 Å². The number of hydrogen-bond acceptors (Lipinski definition) is 1. The number of rotatable bonds is 1. The second-order valence-corrected chi connectivity index (χ2v) is 2.50. The minimum atomic E-state index is 1.05. The molecule has 0 aliphatic rings. The third-order valence-corrected chi connectivity index (χ3v) is 1.55. The number of pyridine rings is 1. The van der Waals surface area contributed by atoms with Crippen LogP contribution in [-0.2, 0) is 0 Å². The molecule has 0 bridgehead atoms. The third-order valence-electron chi connectivity index (χ3n) is 1.29. The minimum Gasteiger partial charge on any atom is -0.261 e. The second-order valence-electron chi connectivity index (χ2n) is 1.97. The smallest absolute Gasteiger partial charge is 0.0445 e. The van der Waals surface area contributed by atoms with Crippen molar-refractivity contribution in [3.63, 3.8) is 0 Å². The monoisotopic (exact) mass is 197 g/mol. The standard InChI is InChI=1S/C8H8BrN/c1-7-8(4-5-9)3-2-6-10-7/h2-6H,1H3/b5-4+. The van der Waals surface area contributed by atoms with Crippen LogP contribution in [-0.4, -0.2) is 4.98 Å². The molecule has 0 aromatic carbocycles. The van der Waals surface area contributed by atoms with Crippen LogP contribution in [0.2, 0.25) is 0 Å². The van der Waals surface area contributed by atoms with Crippen molar-refractivity contribution >= 4 is 22.0 Å². The Morgan fingerprint density at radius 2 is 2.40 bits per heavy atom. The molecule has 2 heteroatoms. The Balaban J connectivity index is 3.03. The molecule has 1 aromatic heterocycles. The molecule has 52 valence electrons. The van der Waals surface area contributed by atoms with Crippen LogP contribution in [0.5, 0.6) is 0 Å². The molecule has 0 fully saturated rings. The van der Waals surface area contributed by atoms with E-state index < -0.39 is 0 Å². The Hall–Kier alpha value is -0.630. The van der Waals surface area contributed by atoms with Gasteiger partial charge in [-0.15, -0.1) is 0 Å². The summed E-state index contributed by atoms with van der Waals surface area (Å²) in [4.78, 5) is 5.96. The molecule has 0 unspecified atom stereocenters. The largest absolute Gasteiger partial charge is 0.261 e. The highest BCUT2D eigenvalue weighted by molar-refractivity contribution is 9.11. The molecule has 10 heavy (non-hydrogen) atoms. The van der Waals surface area contributed by atoms with E-state index in [0.29, 0.717) is 0 Å². The first-order valence-electron chi connectivity index (χ1n) is 3.03. The van der Waals surface area contributed by atoms with E-state index >= 15 is 0 Å². The van der Waals surface area contributed by atoms with Crippen LogP contribution in [0.15, 0.2) is 23.3 Å². The molecule has 1 heterocycles. The SMILES string of the molecule is Cc1ncccc1/C=C/Br. The van der Waals surface area contributed by atoms with Gasteiger partial charge in [-0.05, 0) is 29.6 Å². The highest BCUT2D eigenvalue weighted by Crippen LogP contribution is 2.06. The summed E-state index contributed by atoms with van der Waals surface area (Å²) >= 11 is 3.21. The van der Waals surface area contributed by atoms with E-state index in [-0.39, 0.29) is 0 Å². The van der Waals surface area contributed by atoms with Gasteiger partial charge in [-0.2, -0.15) is 0 Å². The van der Waals surface area contributed by atoms with Crippen LogP contribution in [0.3, 0.4) is 0 Å². The van der Waals surface area contributed by atoms with Crippen molar-refractivity contribution in [2.75, 3.05) is 0 Å². The van der Waals surface area contributed by atoms with Gasteiger partial charge in [0.15, 0.2) is 0 Å². The molecule has 0 N–H and O–H groups in total. The number of nitrogens with zero attached hydrogens (tertiary/aromatic N) is 1. The van der Waals surface area contributed by atoms with Gasteiger partial charge in [-0.25, -0.2) is 0 Å². The van der Waals surface area contributed by atoms with Gasteiger partial charge in [0.2, 0.25) is 0 Å². The molecule has 0 atom stereocenters. The Bertz CT molecular complexity index is 243. The molecule has 0 radical (unpaired) electrons. The average Bonchev–Trinajstić information content (AvgIpc) is 1.94. The van der Waals surface area contributed by atoms with Gasteiger partial charge in [0.1, 0.15) is 0 Å².